The Kier molecular flexibility index (Phi) is 7.83. The summed E-state index contributed by atoms with van der Waals surface area (Å²) in [6, 6.07) is 0. The van der Waals surface area contributed by atoms with Crippen LogP contribution in [-0.2, 0) is 0 Å². The second-order valence-corrected chi connectivity index (χ2v) is 6.73. The molecule has 0 radical (unpaired) electrons. The molecule has 0 aromatic carbocycles. The lowest BCUT2D eigenvalue weighted by Gasteiger charge is -2.46. The van der Waals surface area contributed by atoms with Crippen LogP contribution in [0.15, 0.2) is 0 Å². The van der Waals surface area contributed by atoms with Crippen LogP contribution in [0.25, 0.3) is 0 Å². The van der Waals surface area contributed by atoms with Crippen LogP contribution in [0.1, 0.15) is 13.3 Å². The van der Waals surface area contributed by atoms with Crippen molar-refractivity contribution in [2.45, 2.75) is 78.7 Å². The van der Waals surface area contributed by atoms with E-state index in [1.165, 1.54) is 0 Å². The van der Waals surface area contributed by atoms with Gasteiger partial charge in [0.25, 0.3) is 0 Å². The molecule has 0 nitrogen and oxygen atoms in total. The van der Waals surface area contributed by atoms with Crippen molar-refractivity contribution in [3.63, 3.8) is 0 Å². The van der Waals surface area contributed by atoms with Gasteiger partial charge in [-0.25, -0.2) is 4.39 Å². The van der Waals surface area contributed by atoms with Crippen molar-refractivity contribution < 1.29 is 101 Å². The molecule has 0 aliphatic heterocycles. The Morgan fingerprint density at radius 1 is 0.306 bits per heavy atom. The fourth-order valence-electron chi connectivity index (χ4n) is 2.17. The summed E-state index contributed by atoms with van der Waals surface area (Å²) >= 11 is 0. The SMILES string of the molecule is CCC(F)(F)C(F)(F)C(F)(F)C(F)(F)C(F)(F)C(F)(F)C(F)(F)C(F)(F)C(F)(C(F)(F)F)C(F)(F)F. The molecular formula is C13H5F23. The van der Waals surface area contributed by atoms with Crippen LogP contribution in [0.5, 0.6) is 0 Å². The molecule has 0 atom stereocenters. The minimum Gasteiger partial charge on any atom is -0.216 e. The van der Waals surface area contributed by atoms with E-state index < -0.39 is 71.8 Å². The highest BCUT2D eigenvalue weighted by atomic mass is 19.4. The van der Waals surface area contributed by atoms with Crippen LogP contribution in [0.2, 0.25) is 0 Å². The summed E-state index contributed by atoms with van der Waals surface area (Å²) < 4.78 is 300. The summed E-state index contributed by atoms with van der Waals surface area (Å²) in [5.74, 6) is -69.7. The van der Waals surface area contributed by atoms with Crippen molar-refractivity contribution in [2.24, 2.45) is 0 Å². The summed E-state index contributed by atoms with van der Waals surface area (Å²) in [5, 5.41) is 0. The first kappa shape index (κ1) is 34.4. The topological polar surface area (TPSA) is 0 Å². The molecule has 0 rings (SSSR count). The van der Waals surface area contributed by atoms with Gasteiger partial charge in [0.05, 0.1) is 0 Å². The first-order valence-electron chi connectivity index (χ1n) is 7.91. The van der Waals surface area contributed by atoms with Gasteiger partial charge in [-0.15, -0.1) is 0 Å². The van der Waals surface area contributed by atoms with E-state index >= 15 is 0 Å². The quantitative estimate of drug-likeness (QED) is 0.235. The molecule has 0 amide bonds. The van der Waals surface area contributed by atoms with Crippen LogP contribution >= 0.6 is 0 Å². The summed E-state index contributed by atoms with van der Waals surface area (Å²) in [6.07, 6.45) is -19.7. The molecule has 0 aliphatic rings. The maximum Gasteiger partial charge on any atom is 0.438 e. The van der Waals surface area contributed by atoms with E-state index in [4.69, 9.17) is 0 Å². The fraction of sp³-hybridized carbons (Fsp3) is 1.00. The predicted molar refractivity (Wildman–Crippen MR) is 65.8 cm³/mol. The minimum absolute atomic E-state index is 0.251. The molecule has 36 heavy (non-hydrogen) atoms. The summed E-state index contributed by atoms with van der Waals surface area (Å²) in [6.45, 7) is -0.251. The largest absolute Gasteiger partial charge is 0.438 e. The normalized spacial score (nSPS) is 17.0. The molecule has 218 valence electrons. The zero-order valence-electron chi connectivity index (χ0n) is 15.9. The number of hydrogen-bond acceptors (Lipinski definition) is 0. The Balaban J connectivity index is 7.34. The van der Waals surface area contributed by atoms with E-state index in [-0.39, 0.29) is 6.92 Å². The Morgan fingerprint density at radius 2 is 0.500 bits per heavy atom. The lowest BCUT2D eigenvalue weighted by atomic mass is 9.82. The van der Waals surface area contributed by atoms with Crippen molar-refractivity contribution in [3.8, 4) is 0 Å². The maximum atomic E-state index is 13.4. The van der Waals surface area contributed by atoms with Gasteiger partial charge in [0.2, 0.25) is 0 Å². The lowest BCUT2D eigenvalue weighted by Crippen LogP contribution is -2.79. The molecule has 0 N–H and O–H groups in total. The van der Waals surface area contributed by atoms with E-state index in [1.54, 1.807) is 0 Å². The number of halogens is 23. The van der Waals surface area contributed by atoms with Gasteiger partial charge in [0.15, 0.2) is 0 Å². The lowest BCUT2D eigenvalue weighted by molar-refractivity contribution is -0.481. The first-order valence-corrected chi connectivity index (χ1v) is 7.91. The van der Waals surface area contributed by atoms with Gasteiger partial charge >= 0.3 is 65.4 Å². The predicted octanol–water partition coefficient (Wildman–Crippen LogP) is 8.31. The average Bonchev–Trinajstić information content (AvgIpc) is 2.63. The summed E-state index contributed by atoms with van der Waals surface area (Å²) in [7, 11) is 0. The third-order valence-corrected chi connectivity index (χ3v) is 4.48. The number of rotatable bonds is 9. The highest BCUT2D eigenvalue weighted by Crippen LogP contribution is 2.67. The highest BCUT2D eigenvalue weighted by Gasteiger charge is 2.99. The highest BCUT2D eigenvalue weighted by molar-refractivity contribution is 5.20. The molecule has 0 aromatic heterocycles. The molecule has 0 fully saturated rings. The van der Waals surface area contributed by atoms with Crippen molar-refractivity contribution in [3.05, 3.63) is 0 Å². The Labute approximate surface area is 181 Å². The minimum atomic E-state index is -9.43. The van der Waals surface area contributed by atoms with Gasteiger partial charge in [-0.2, -0.15) is 96.6 Å². The molecule has 0 spiro atoms. The second kappa shape index (κ2) is 8.19. The van der Waals surface area contributed by atoms with E-state index in [0.29, 0.717) is 0 Å². The standard InChI is InChI=1S/C13H5F23/c1-2-3(14,15)5(17,18)7(21,22)9(25,26)11(29,30)10(27,28)8(23,24)6(19,20)4(16,12(31,32)33)13(34,35)36/h2H2,1H3. The van der Waals surface area contributed by atoms with E-state index in [9.17, 15) is 101 Å². The monoisotopic (exact) mass is 598 g/mol. The van der Waals surface area contributed by atoms with Gasteiger partial charge in [-0.05, 0) is 0 Å². The average molecular weight is 598 g/mol. The van der Waals surface area contributed by atoms with E-state index in [1.807, 2.05) is 0 Å². The molecule has 0 aromatic rings. The van der Waals surface area contributed by atoms with E-state index in [0.717, 1.165) is 0 Å². The van der Waals surface area contributed by atoms with Crippen molar-refractivity contribution in [2.75, 3.05) is 0 Å². The third kappa shape index (κ3) is 3.82. The molecule has 0 bridgehead atoms. The van der Waals surface area contributed by atoms with Gasteiger partial charge in [0.1, 0.15) is 0 Å². The van der Waals surface area contributed by atoms with Crippen LogP contribution in [0, 0.1) is 0 Å². The van der Waals surface area contributed by atoms with Gasteiger partial charge in [0, 0.05) is 6.42 Å². The van der Waals surface area contributed by atoms with E-state index in [2.05, 4.69) is 0 Å². The third-order valence-electron chi connectivity index (χ3n) is 4.48. The smallest absolute Gasteiger partial charge is 0.216 e. The van der Waals surface area contributed by atoms with Crippen LogP contribution in [0.3, 0.4) is 0 Å². The van der Waals surface area contributed by atoms with Gasteiger partial charge in [-0.1, -0.05) is 6.92 Å². The second-order valence-electron chi connectivity index (χ2n) is 6.73. The van der Waals surface area contributed by atoms with Gasteiger partial charge < -0.3 is 0 Å². The molecule has 23 heteroatoms. The Morgan fingerprint density at radius 3 is 0.694 bits per heavy atom. The van der Waals surface area contributed by atoms with Crippen molar-refractivity contribution in [1.82, 2.24) is 0 Å². The zero-order chi connectivity index (χ0) is 30.2. The molecule has 0 saturated heterocycles. The summed E-state index contributed by atoms with van der Waals surface area (Å²) in [5.41, 5.74) is -8.99. The van der Waals surface area contributed by atoms with Crippen LogP contribution in [-0.4, -0.2) is 65.4 Å². The molecule has 0 unspecified atom stereocenters. The first-order chi connectivity index (χ1) is 15.1. The number of alkyl halides is 23. The van der Waals surface area contributed by atoms with Crippen LogP contribution in [0.4, 0.5) is 101 Å². The maximum absolute atomic E-state index is 13.4. The molecular weight excluding hydrogens is 593 g/mol. The molecule has 0 saturated carbocycles. The van der Waals surface area contributed by atoms with Gasteiger partial charge in [-0.3, -0.25) is 0 Å². The molecule has 0 heterocycles. The summed E-state index contributed by atoms with van der Waals surface area (Å²) in [4.78, 5) is 0. The molecule has 0 aliphatic carbocycles. The fourth-order valence-corrected chi connectivity index (χ4v) is 2.17. The van der Waals surface area contributed by atoms with Crippen molar-refractivity contribution in [1.29, 1.82) is 0 Å². The Bertz CT molecular complexity index is 780. The van der Waals surface area contributed by atoms with Crippen molar-refractivity contribution >= 4 is 0 Å². The van der Waals surface area contributed by atoms with Crippen LogP contribution < -0.4 is 0 Å². The zero-order valence-corrected chi connectivity index (χ0v) is 15.9. The Hall–Kier alpha value is -1.61. The number of hydrogen-bond donors (Lipinski definition) is 0.